The monoisotopic (exact) mass is 474 g/mol. The summed E-state index contributed by atoms with van der Waals surface area (Å²) in [5.74, 6) is 1.96. The second-order valence-corrected chi connectivity index (χ2v) is 8.94. The lowest BCUT2D eigenvalue weighted by Gasteiger charge is -2.30. The fourth-order valence-corrected chi connectivity index (χ4v) is 4.16. The van der Waals surface area contributed by atoms with E-state index in [1.165, 1.54) is 0 Å². The molecule has 180 valence electrons. The molecule has 0 aromatic heterocycles. The van der Waals surface area contributed by atoms with Gasteiger partial charge in [-0.05, 0) is 47.5 Å². The molecule has 3 heteroatoms. The van der Waals surface area contributed by atoms with Gasteiger partial charge >= 0.3 is 0 Å². The van der Waals surface area contributed by atoms with Crippen LogP contribution in [0.4, 0.5) is 0 Å². The SMILES string of the molecule is CC(C)(c1ccccc1)c1c(O)ccc(-c2ccccc2)c1Oc1ccccc1.Oc1ccccc1. The molecule has 0 bridgehead atoms. The maximum absolute atomic E-state index is 11.0. The van der Waals surface area contributed by atoms with E-state index < -0.39 is 5.41 Å². The molecule has 0 saturated carbocycles. The van der Waals surface area contributed by atoms with Crippen LogP contribution in [0.25, 0.3) is 11.1 Å². The minimum Gasteiger partial charge on any atom is -0.508 e. The highest BCUT2D eigenvalue weighted by atomic mass is 16.5. The molecule has 5 rings (SSSR count). The third kappa shape index (κ3) is 5.76. The molecule has 0 aliphatic rings. The Morgan fingerprint density at radius 1 is 0.556 bits per heavy atom. The number of ether oxygens (including phenoxy) is 1. The Bertz CT molecular complexity index is 1360. The summed E-state index contributed by atoms with van der Waals surface area (Å²) in [5, 5.41) is 19.6. The second-order valence-electron chi connectivity index (χ2n) is 8.94. The third-order valence-corrected chi connectivity index (χ3v) is 6.06. The van der Waals surface area contributed by atoms with Crippen molar-refractivity contribution in [1.29, 1.82) is 0 Å². The largest absolute Gasteiger partial charge is 0.508 e. The predicted octanol–water partition coefficient (Wildman–Crippen LogP) is 8.57. The first kappa shape index (κ1) is 24.6. The first-order chi connectivity index (χ1) is 17.5. The summed E-state index contributed by atoms with van der Waals surface area (Å²) in [6.07, 6.45) is 0. The van der Waals surface area contributed by atoms with Crippen molar-refractivity contribution in [3.63, 3.8) is 0 Å². The van der Waals surface area contributed by atoms with Crippen LogP contribution in [-0.4, -0.2) is 10.2 Å². The van der Waals surface area contributed by atoms with Gasteiger partial charge in [0.1, 0.15) is 23.0 Å². The van der Waals surface area contributed by atoms with Crippen LogP contribution < -0.4 is 4.74 Å². The summed E-state index contributed by atoms with van der Waals surface area (Å²) in [6, 6.07) is 42.5. The Balaban J connectivity index is 0.000000375. The van der Waals surface area contributed by atoms with E-state index in [2.05, 4.69) is 38.1 Å². The van der Waals surface area contributed by atoms with Gasteiger partial charge in [-0.2, -0.15) is 0 Å². The van der Waals surface area contributed by atoms with E-state index in [4.69, 9.17) is 9.84 Å². The molecule has 0 aliphatic heterocycles. The third-order valence-electron chi connectivity index (χ3n) is 6.06. The molecule has 2 N–H and O–H groups in total. The first-order valence-corrected chi connectivity index (χ1v) is 11.9. The van der Waals surface area contributed by atoms with Crippen LogP contribution >= 0.6 is 0 Å². The zero-order valence-corrected chi connectivity index (χ0v) is 20.5. The first-order valence-electron chi connectivity index (χ1n) is 11.9. The lowest BCUT2D eigenvalue weighted by atomic mass is 9.76. The van der Waals surface area contributed by atoms with Gasteiger partial charge in [-0.15, -0.1) is 0 Å². The number of aromatic hydroxyl groups is 2. The zero-order chi connectivity index (χ0) is 25.4. The smallest absolute Gasteiger partial charge is 0.143 e. The lowest BCUT2D eigenvalue weighted by molar-refractivity contribution is 0.424. The number of para-hydroxylation sites is 2. The van der Waals surface area contributed by atoms with Crippen molar-refractivity contribution in [1.82, 2.24) is 0 Å². The van der Waals surface area contributed by atoms with Gasteiger partial charge in [0.05, 0.1) is 0 Å². The van der Waals surface area contributed by atoms with E-state index in [9.17, 15) is 5.11 Å². The molecule has 0 radical (unpaired) electrons. The highest BCUT2D eigenvalue weighted by Crippen LogP contribution is 2.48. The fraction of sp³-hybridized carbons (Fsp3) is 0.0909. The van der Waals surface area contributed by atoms with Crippen molar-refractivity contribution in [3.05, 3.63) is 145 Å². The number of phenols is 2. The summed E-state index contributed by atoms with van der Waals surface area (Å²) in [4.78, 5) is 0. The van der Waals surface area contributed by atoms with Gasteiger partial charge in [-0.25, -0.2) is 0 Å². The van der Waals surface area contributed by atoms with Gasteiger partial charge in [0, 0.05) is 16.5 Å². The van der Waals surface area contributed by atoms with E-state index >= 15 is 0 Å². The topological polar surface area (TPSA) is 49.7 Å². The molecule has 0 fully saturated rings. The molecule has 5 aromatic carbocycles. The lowest BCUT2D eigenvalue weighted by Crippen LogP contribution is -2.20. The molecule has 0 heterocycles. The number of benzene rings is 5. The van der Waals surface area contributed by atoms with Gasteiger partial charge in [0.15, 0.2) is 0 Å². The number of hydrogen-bond acceptors (Lipinski definition) is 3. The van der Waals surface area contributed by atoms with Crippen LogP contribution in [0.2, 0.25) is 0 Å². The molecule has 36 heavy (non-hydrogen) atoms. The molecule has 0 unspecified atom stereocenters. The van der Waals surface area contributed by atoms with E-state index in [1.54, 1.807) is 30.3 Å². The van der Waals surface area contributed by atoms with Crippen LogP contribution in [0, 0.1) is 0 Å². The normalized spacial score (nSPS) is 10.7. The Morgan fingerprint density at radius 3 is 1.58 bits per heavy atom. The number of hydrogen-bond donors (Lipinski definition) is 2. The summed E-state index contributed by atoms with van der Waals surface area (Å²) in [6.45, 7) is 4.23. The average molecular weight is 475 g/mol. The van der Waals surface area contributed by atoms with Gasteiger partial charge in [0.2, 0.25) is 0 Å². The van der Waals surface area contributed by atoms with Crippen LogP contribution in [0.15, 0.2) is 133 Å². The summed E-state index contributed by atoms with van der Waals surface area (Å²) >= 11 is 0. The Hall–Kier alpha value is -4.50. The molecule has 0 amide bonds. The fourth-order valence-electron chi connectivity index (χ4n) is 4.16. The molecule has 5 aromatic rings. The minimum absolute atomic E-state index is 0.226. The standard InChI is InChI=1S/C27H24O2.C6H6O/c1-27(2,21-14-8-4-9-15-21)25-24(28)19-18-23(20-12-6-3-7-13-20)26(25)29-22-16-10-5-11-17-22;7-6-4-2-1-3-5-6/h3-19,28H,1-2H3;1-5,7H. The maximum Gasteiger partial charge on any atom is 0.143 e. The summed E-state index contributed by atoms with van der Waals surface area (Å²) in [7, 11) is 0. The predicted molar refractivity (Wildman–Crippen MR) is 147 cm³/mol. The zero-order valence-electron chi connectivity index (χ0n) is 20.5. The minimum atomic E-state index is -0.458. The average Bonchev–Trinajstić information content (AvgIpc) is 2.91. The van der Waals surface area contributed by atoms with Gasteiger partial charge in [-0.1, -0.05) is 111 Å². The molecule has 0 spiro atoms. The number of rotatable bonds is 5. The highest BCUT2D eigenvalue weighted by molar-refractivity contribution is 5.76. The molecule has 0 atom stereocenters. The Kier molecular flexibility index (Phi) is 7.72. The quantitative estimate of drug-likeness (QED) is 0.268. The van der Waals surface area contributed by atoms with Gasteiger partial charge in [-0.3, -0.25) is 0 Å². The van der Waals surface area contributed by atoms with Gasteiger partial charge < -0.3 is 14.9 Å². The molecular formula is C33H30O3. The summed E-state index contributed by atoms with van der Waals surface area (Å²) in [5.41, 5.74) is 3.42. The number of phenolic OH excluding ortho intramolecular Hbond substituents is 2. The van der Waals surface area contributed by atoms with Crippen LogP contribution in [-0.2, 0) is 5.41 Å². The van der Waals surface area contributed by atoms with Crippen LogP contribution in [0.5, 0.6) is 23.0 Å². The van der Waals surface area contributed by atoms with E-state index in [-0.39, 0.29) is 5.75 Å². The van der Waals surface area contributed by atoms with E-state index in [1.807, 2.05) is 78.9 Å². The van der Waals surface area contributed by atoms with Crippen molar-refractivity contribution >= 4 is 0 Å². The molecule has 3 nitrogen and oxygen atoms in total. The van der Waals surface area contributed by atoms with E-state index in [0.29, 0.717) is 11.5 Å². The molecule has 0 saturated heterocycles. The Morgan fingerprint density at radius 2 is 1.06 bits per heavy atom. The highest BCUT2D eigenvalue weighted by Gasteiger charge is 2.32. The summed E-state index contributed by atoms with van der Waals surface area (Å²) < 4.78 is 6.42. The second kappa shape index (κ2) is 11.3. The van der Waals surface area contributed by atoms with Crippen molar-refractivity contribution in [3.8, 4) is 34.1 Å². The van der Waals surface area contributed by atoms with Crippen molar-refractivity contribution in [2.45, 2.75) is 19.3 Å². The van der Waals surface area contributed by atoms with Crippen LogP contribution in [0.1, 0.15) is 25.0 Å². The van der Waals surface area contributed by atoms with Gasteiger partial charge in [0.25, 0.3) is 0 Å². The van der Waals surface area contributed by atoms with E-state index in [0.717, 1.165) is 28.0 Å². The molecular weight excluding hydrogens is 444 g/mol. The maximum atomic E-state index is 11.0. The van der Waals surface area contributed by atoms with Crippen molar-refractivity contribution in [2.75, 3.05) is 0 Å². The Labute approximate surface area is 212 Å². The van der Waals surface area contributed by atoms with Crippen molar-refractivity contribution < 1.29 is 14.9 Å². The van der Waals surface area contributed by atoms with Crippen molar-refractivity contribution in [2.24, 2.45) is 0 Å². The molecule has 0 aliphatic carbocycles. The van der Waals surface area contributed by atoms with Crippen LogP contribution in [0.3, 0.4) is 0 Å².